The van der Waals surface area contributed by atoms with Gasteiger partial charge in [0, 0.05) is 25.2 Å². The van der Waals surface area contributed by atoms with E-state index in [-0.39, 0.29) is 18.8 Å². The predicted octanol–water partition coefficient (Wildman–Crippen LogP) is 2.29. The van der Waals surface area contributed by atoms with Crippen LogP contribution in [-0.2, 0) is 9.53 Å². The molecule has 21 heavy (non-hydrogen) atoms. The van der Waals surface area contributed by atoms with Crippen LogP contribution in [0.25, 0.3) is 0 Å². The van der Waals surface area contributed by atoms with E-state index >= 15 is 0 Å². The van der Waals surface area contributed by atoms with E-state index in [4.69, 9.17) is 19.9 Å². The molecule has 1 atom stereocenters. The molecule has 1 aromatic carbocycles. The van der Waals surface area contributed by atoms with E-state index in [1.165, 1.54) is 6.42 Å². The van der Waals surface area contributed by atoms with Crippen molar-refractivity contribution in [2.45, 2.75) is 38.2 Å². The number of nitrogen functional groups attached to an aromatic ring is 1. The summed E-state index contributed by atoms with van der Waals surface area (Å²) in [6.07, 6.45) is 4.73. The zero-order chi connectivity index (χ0) is 14.7. The SMILES string of the molecule is Nc1cc2c(cc1NC(=O)CCC1CCCCO1)OCO2. The Morgan fingerprint density at radius 1 is 1.29 bits per heavy atom. The molecule has 6 heteroatoms. The molecule has 6 nitrogen and oxygen atoms in total. The molecule has 0 spiro atoms. The molecule has 1 fully saturated rings. The molecule has 114 valence electrons. The van der Waals surface area contributed by atoms with Gasteiger partial charge in [-0.25, -0.2) is 0 Å². The second-order valence-electron chi connectivity index (χ2n) is 5.37. The summed E-state index contributed by atoms with van der Waals surface area (Å²) in [5.74, 6) is 1.16. The largest absolute Gasteiger partial charge is 0.454 e. The molecule has 2 heterocycles. The van der Waals surface area contributed by atoms with Crippen LogP contribution in [0.1, 0.15) is 32.1 Å². The van der Waals surface area contributed by atoms with Crippen LogP contribution in [0.5, 0.6) is 11.5 Å². The summed E-state index contributed by atoms with van der Waals surface area (Å²) < 4.78 is 16.1. The Morgan fingerprint density at radius 2 is 2.10 bits per heavy atom. The van der Waals surface area contributed by atoms with Gasteiger partial charge in [0.1, 0.15) is 0 Å². The Hall–Kier alpha value is -1.95. The fourth-order valence-electron chi connectivity index (χ4n) is 2.61. The van der Waals surface area contributed by atoms with Crippen molar-refractivity contribution in [1.29, 1.82) is 0 Å². The van der Waals surface area contributed by atoms with Gasteiger partial charge in [0.25, 0.3) is 0 Å². The predicted molar refractivity (Wildman–Crippen MR) is 78.4 cm³/mol. The molecule has 1 amide bonds. The van der Waals surface area contributed by atoms with Crippen LogP contribution in [0.15, 0.2) is 12.1 Å². The molecule has 0 aromatic heterocycles. The Balaban J connectivity index is 1.54. The van der Waals surface area contributed by atoms with Gasteiger partial charge in [-0.05, 0) is 25.7 Å². The summed E-state index contributed by atoms with van der Waals surface area (Å²) in [6, 6.07) is 3.37. The molecule has 2 aliphatic rings. The maximum absolute atomic E-state index is 12.0. The average molecular weight is 292 g/mol. The maximum atomic E-state index is 12.0. The first kappa shape index (κ1) is 14.0. The van der Waals surface area contributed by atoms with Gasteiger partial charge in [-0.2, -0.15) is 0 Å². The van der Waals surface area contributed by atoms with Crippen molar-refractivity contribution in [3.8, 4) is 11.5 Å². The Bertz CT molecular complexity index is 527. The number of carbonyl (C=O) groups excluding carboxylic acids is 1. The van der Waals surface area contributed by atoms with Crippen LogP contribution in [-0.4, -0.2) is 25.4 Å². The Kier molecular flexibility index (Phi) is 4.15. The third kappa shape index (κ3) is 3.39. The van der Waals surface area contributed by atoms with Crippen LogP contribution in [0, 0.1) is 0 Å². The smallest absolute Gasteiger partial charge is 0.231 e. The molecular weight excluding hydrogens is 272 g/mol. The summed E-state index contributed by atoms with van der Waals surface area (Å²) in [5.41, 5.74) is 6.94. The van der Waals surface area contributed by atoms with E-state index in [0.29, 0.717) is 29.3 Å². The van der Waals surface area contributed by atoms with Crippen LogP contribution in [0.3, 0.4) is 0 Å². The molecule has 2 aliphatic heterocycles. The lowest BCUT2D eigenvalue weighted by Crippen LogP contribution is -2.22. The number of fused-ring (bicyclic) bond motifs is 1. The molecule has 0 radical (unpaired) electrons. The van der Waals surface area contributed by atoms with E-state index in [0.717, 1.165) is 25.9 Å². The van der Waals surface area contributed by atoms with Crippen LogP contribution in [0.2, 0.25) is 0 Å². The first-order valence-electron chi connectivity index (χ1n) is 7.33. The number of ether oxygens (including phenoxy) is 3. The van der Waals surface area contributed by atoms with E-state index < -0.39 is 0 Å². The lowest BCUT2D eigenvalue weighted by atomic mass is 10.0. The lowest BCUT2D eigenvalue weighted by Gasteiger charge is -2.22. The lowest BCUT2D eigenvalue weighted by molar-refractivity contribution is -0.117. The number of amides is 1. The van der Waals surface area contributed by atoms with Gasteiger partial charge in [-0.3, -0.25) is 4.79 Å². The monoisotopic (exact) mass is 292 g/mol. The first-order chi connectivity index (χ1) is 10.2. The standard InChI is InChI=1S/C15H20N2O4/c16-11-7-13-14(21-9-20-13)8-12(11)17-15(18)5-4-10-3-1-2-6-19-10/h7-8,10H,1-6,9,16H2,(H,17,18). The number of anilines is 2. The molecular formula is C15H20N2O4. The molecule has 3 N–H and O–H groups in total. The fourth-order valence-corrected chi connectivity index (χ4v) is 2.61. The molecule has 1 unspecified atom stereocenters. The summed E-state index contributed by atoms with van der Waals surface area (Å²) >= 11 is 0. The van der Waals surface area contributed by atoms with Crippen LogP contribution >= 0.6 is 0 Å². The topological polar surface area (TPSA) is 82.8 Å². The van der Waals surface area contributed by atoms with Gasteiger partial charge in [-0.1, -0.05) is 0 Å². The van der Waals surface area contributed by atoms with Crippen molar-refractivity contribution in [2.75, 3.05) is 24.5 Å². The Morgan fingerprint density at radius 3 is 2.86 bits per heavy atom. The second-order valence-corrected chi connectivity index (χ2v) is 5.37. The van der Waals surface area contributed by atoms with E-state index in [1.54, 1.807) is 12.1 Å². The van der Waals surface area contributed by atoms with Crippen molar-refractivity contribution in [3.63, 3.8) is 0 Å². The Labute approximate surface area is 123 Å². The number of hydrogen-bond donors (Lipinski definition) is 2. The summed E-state index contributed by atoms with van der Waals surface area (Å²) in [6.45, 7) is 0.993. The molecule has 1 saturated heterocycles. The zero-order valence-corrected chi connectivity index (χ0v) is 11.9. The summed E-state index contributed by atoms with van der Waals surface area (Å²) in [5, 5.41) is 2.82. The van der Waals surface area contributed by atoms with E-state index in [9.17, 15) is 4.79 Å². The molecule has 0 saturated carbocycles. The van der Waals surface area contributed by atoms with Gasteiger partial charge in [0.05, 0.1) is 17.5 Å². The second kappa shape index (κ2) is 6.22. The number of hydrogen-bond acceptors (Lipinski definition) is 5. The molecule has 0 bridgehead atoms. The minimum Gasteiger partial charge on any atom is -0.454 e. The highest BCUT2D eigenvalue weighted by atomic mass is 16.7. The first-order valence-corrected chi connectivity index (χ1v) is 7.33. The number of carbonyl (C=O) groups is 1. The molecule has 3 rings (SSSR count). The van der Waals surface area contributed by atoms with Crippen LogP contribution < -0.4 is 20.5 Å². The van der Waals surface area contributed by atoms with E-state index in [1.807, 2.05) is 0 Å². The van der Waals surface area contributed by atoms with Crippen molar-refractivity contribution < 1.29 is 19.0 Å². The van der Waals surface area contributed by atoms with Crippen molar-refractivity contribution >= 4 is 17.3 Å². The third-order valence-electron chi connectivity index (χ3n) is 3.79. The number of nitrogens with two attached hydrogens (primary N) is 1. The normalized spacial score (nSPS) is 20.3. The van der Waals surface area contributed by atoms with Crippen molar-refractivity contribution in [3.05, 3.63) is 12.1 Å². The maximum Gasteiger partial charge on any atom is 0.231 e. The molecule has 1 aromatic rings. The fraction of sp³-hybridized carbons (Fsp3) is 0.533. The highest BCUT2D eigenvalue weighted by Crippen LogP contribution is 2.38. The molecule has 0 aliphatic carbocycles. The van der Waals surface area contributed by atoms with Crippen LogP contribution in [0.4, 0.5) is 11.4 Å². The minimum atomic E-state index is -0.0604. The van der Waals surface area contributed by atoms with Gasteiger partial charge >= 0.3 is 0 Å². The minimum absolute atomic E-state index is 0.0604. The van der Waals surface area contributed by atoms with Gasteiger partial charge in [-0.15, -0.1) is 0 Å². The van der Waals surface area contributed by atoms with Gasteiger partial charge in [0.15, 0.2) is 11.5 Å². The number of benzene rings is 1. The van der Waals surface area contributed by atoms with E-state index in [2.05, 4.69) is 5.32 Å². The third-order valence-corrected chi connectivity index (χ3v) is 3.79. The van der Waals surface area contributed by atoms with Crippen molar-refractivity contribution in [2.24, 2.45) is 0 Å². The highest BCUT2D eigenvalue weighted by molar-refractivity contribution is 5.94. The number of rotatable bonds is 4. The highest BCUT2D eigenvalue weighted by Gasteiger charge is 2.18. The zero-order valence-electron chi connectivity index (χ0n) is 11.9. The average Bonchev–Trinajstić information content (AvgIpc) is 2.94. The number of nitrogens with one attached hydrogen (secondary N) is 1. The summed E-state index contributed by atoms with van der Waals surface area (Å²) in [7, 11) is 0. The van der Waals surface area contributed by atoms with Gasteiger partial charge in [0.2, 0.25) is 12.7 Å². The summed E-state index contributed by atoms with van der Waals surface area (Å²) in [4.78, 5) is 12.0. The van der Waals surface area contributed by atoms with Crippen molar-refractivity contribution in [1.82, 2.24) is 0 Å². The van der Waals surface area contributed by atoms with Gasteiger partial charge < -0.3 is 25.3 Å². The quantitative estimate of drug-likeness (QED) is 0.832.